The third kappa shape index (κ3) is 2.36. The van der Waals surface area contributed by atoms with Crippen molar-refractivity contribution in [2.75, 3.05) is 6.54 Å². The lowest BCUT2D eigenvalue weighted by Crippen LogP contribution is -2.51. The lowest BCUT2D eigenvalue weighted by atomic mass is 10.00. The van der Waals surface area contributed by atoms with E-state index in [9.17, 15) is 8.42 Å². The molecule has 0 aromatic carbocycles. The first-order valence-electron chi connectivity index (χ1n) is 5.79. The molecule has 0 bridgehead atoms. The van der Waals surface area contributed by atoms with E-state index < -0.39 is 10.0 Å². The first-order valence-corrected chi connectivity index (χ1v) is 7.23. The van der Waals surface area contributed by atoms with Crippen LogP contribution >= 0.6 is 0 Å². The van der Waals surface area contributed by atoms with Gasteiger partial charge in [0.25, 0.3) is 0 Å². The second-order valence-corrected chi connectivity index (χ2v) is 6.36. The molecule has 6 nitrogen and oxygen atoms in total. The Morgan fingerprint density at radius 1 is 1.59 bits per heavy atom. The Bertz CT molecular complexity index is 455. The molecule has 1 aromatic rings. The van der Waals surface area contributed by atoms with Gasteiger partial charge in [0.1, 0.15) is 4.90 Å². The third-order valence-corrected chi connectivity index (χ3v) is 5.07. The molecule has 0 spiro atoms. The van der Waals surface area contributed by atoms with E-state index >= 15 is 0 Å². The Kier molecular flexibility index (Phi) is 3.50. The number of nitrogens with two attached hydrogens (primary N) is 1. The zero-order valence-electron chi connectivity index (χ0n) is 9.83. The van der Waals surface area contributed by atoms with Crippen LogP contribution in [-0.4, -0.2) is 41.5 Å². The van der Waals surface area contributed by atoms with E-state index in [-0.39, 0.29) is 17.0 Å². The van der Waals surface area contributed by atoms with E-state index in [1.807, 2.05) is 6.92 Å². The van der Waals surface area contributed by atoms with Crippen LogP contribution in [0.5, 0.6) is 0 Å². The van der Waals surface area contributed by atoms with E-state index in [0.717, 1.165) is 19.3 Å². The summed E-state index contributed by atoms with van der Waals surface area (Å²) >= 11 is 0. The number of aromatic amines is 1. The molecule has 3 N–H and O–H groups in total. The number of piperidine rings is 1. The highest BCUT2D eigenvalue weighted by molar-refractivity contribution is 7.89. The van der Waals surface area contributed by atoms with E-state index in [0.29, 0.717) is 6.54 Å². The van der Waals surface area contributed by atoms with Crippen molar-refractivity contribution < 1.29 is 8.42 Å². The van der Waals surface area contributed by atoms with Crippen LogP contribution in [0.25, 0.3) is 0 Å². The molecule has 17 heavy (non-hydrogen) atoms. The maximum atomic E-state index is 12.4. The van der Waals surface area contributed by atoms with E-state index in [4.69, 9.17) is 5.73 Å². The summed E-state index contributed by atoms with van der Waals surface area (Å²) in [6, 6.07) is -0.263. The molecule has 1 saturated heterocycles. The van der Waals surface area contributed by atoms with Crippen molar-refractivity contribution in [3.05, 3.63) is 12.4 Å². The predicted octanol–water partition coefficient (Wildman–Crippen LogP) is 0.300. The summed E-state index contributed by atoms with van der Waals surface area (Å²) in [4.78, 5) is 0.213. The van der Waals surface area contributed by atoms with Gasteiger partial charge in [-0.25, -0.2) is 8.42 Å². The molecule has 1 fully saturated rings. The molecule has 2 heterocycles. The topological polar surface area (TPSA) is 92.1 Å². The summed E-state index contributed by atoms with van der Waals surface area (Å²) in [7, 11) is -3.45. The highest BCUT2D eigenvalue weighted by atomic mass is 32.2. The van der Waals surface area contributed by atoms with Crippen LogP contribution in [0.4, 0.5) is 0 Å². The highest BCUT2D eigenvalue weighted by Gasteiger charge is 2.35. The normalized spacial score (nSPS) is 24.7. The fraction of sp³-hybridized carbons (Fsp3) is 0.700. The summed E-state index contributed by atoms with van der Waals surface area (Å²) in [5, 5.41) is 6.22. The Balaban J connectivity index is 2.31. The van der Waals surface area contributed by atoms with Crippen molar-refractivity contribution in [3.63, 3.8) is 0 Å². The fourth-order valence-corrected chi connectivity index (χ4v) is 3.95. The minimum Gasteiger partial charge on any atom is -0.326 e. The van der Waals surface area contributed by atoms with Gasteiger partial charge in [-0.1, -0.05) is 6.42 Å². The Morgan fingerprint density at radius 2 is 2.35 bits per heavy atom. The van der Waals surface area contributed by atoms with Crippen LogP contribution in [0.1, 0.15) is 26.2 Å². The van der Waals surface area contributed by atoms with Crippen LogP contribution in [0.15, 0.2) is 17.3 Å². The number of rotatable bonds is 3. The minimum atomic E-state index is -3.45. The van der Waals surface area contributed by atoms with Gasteiger partial charge in [0, 0.05) is 24.8 Å². The van der Waals surface area contributed by atoms with Gasteiger partial charge in [-0.2, -0.15) is 9.40 Å². The maximum absolute atomic E-state index is 12.4. The van der Waals surface area contributed by atoms with Crippen molar-refractivity contribution in [2.45, 2.75) is 43.2 Å². The molecule has 1 aliphatic heterocycles. The van der Waals surface area contributed by atoms with Crippen molar-refractivity contribution in [2.24, 2.45) is 5.73 Å². The first kappa shape index (κ1) is 12.5. The summed E-state index contributed by atoms with van der Waals surface area (Å²) in [5.74, 6) is 0. The van der Waals surface area contributed by atoms with Crippen LogP contribution in [0.3, 0.4) is 0 Å². The molecule has 0 radical (unpaired) electrons. The van der Waals surface area contributed by atoms with Gasteiger partial charge in [0.2, 0.25) is 10.0 Å². The Hall–Kier alpha value is -0.920. The quantitative estimate of drug-likeness (QED) is 0.815. The number of H-pyrrole nitrogens is 1. The van der Waals surface area contributed by atoms with Crippen LogP contribution in [0.2, 0.25) is 0 Å². The van der Waals surface area contributed by atoms with Gasteiger partial charge in [0.05, 0.1) is 6.20 Å². The second kappa shape index (κ2) is 4.75. The summed E-state index contributed by atoms with van der Waals surface area (Å²) in [5.41, 5.74) is 5.88. The SMILES string of the molecule is CC(N)C1CCCCN1S(=O)(=O)c1cn[nH]c1. The van der Waals surface area contributed by atoms with Crippen LogP contribution in [0, 0.1) is 0 Å². The largest absolute Gasteiger partial charge is 0.326 e. The fourth-order valence-electron chi connectivity index (χ4n) is 2.27. The first-order chi connectivity index (χ1) is 8.03. The molecule has 0 aliphatic carbocycles. The molecular weight excluding hydrogens is 240 g/mol. The molecule has 7 heteroatoms. The monoisotopic (exact) mass is 258 g/mol. The molecule has 2 rings (SSSR count). The molecule has 2 atom stereocenters. The Labute approximate surface area is 101 Å². The lowest BCUT2D eigenvalue weighted by Gasteiger charge is -2.36. The third-order valence-electron chi connectivity index (χ3n) is 3.18. The highest BCUT2D eigenvalue weighted by Crippen LogP contribution is 2.25. The molecular formula is C10H18N4O2S. The summed E-state index contributed by atoms with van der Waals surface area (Å²) in [6.07, 6.45) is 5.49. The molecule has 0 amide bonds. The van der Waals surface area contributed by atoms with Crippen LogP contribution in [-0.2, 0) is 10.0 Å². The van der Waals surface area contributed by atoms with Crippen LogP contribution < -0.4 is 5.73 Å². The second-order valence-electron chi connectivity index (χ2n) is 4.47. The smallest absolute Gasteiger partial charge is 0.246 e. The van der Waals surface area contributed by atoms with Crippen molar-refractivity contribution in [3.8, 4) is 0 Å². The zero-order valence-corrected chi connectivity index (χ0v) is 10.7. The van der Waals surface area contributed by atoms with Crippen molar-refractivity contribution in [1.29, 1.82) is 0 Å². The average Bonchev–Trinajstić information content (AvgIpc) is 2.83. The predicted molar refractivity (Wildman–Crippen MR) is 63.8 cm³/mol. The van der Waals surface area contributed by atoms with E-state index in [2.05, 4.69) is 10.2 Å². The molecule has 96 valence electrons. The zero-order chi connectivity index (χ0) is 12.5. The average molecular weight is 258 g/mol. The number of aromatic nitrogens is 2. The molecule has 1 aliphatic rings. The van der Waals surface area contributed by atoms with Gasteiger partial charge in [-0.05, 0) is 19.8 Å². The number of sulfonamides is 1. The maximum Gasteiger partial charge on any atom is 0.246 e. The van der Waals surface area contributed by atoms with E-state index in [1.165, 1.54) is 16.7 Å². The van der Waals surface area contributed by atoms with Gasteiger partial charge in [0.15, 0.2) is 0 Å². The minimum absolute atomic E-state index is 0.108. The van der Waals surface area contributed by atoms with Crippen molar-refractivity contribution >= 4 is 10.0 Å². The standard InChI is InChI=1S/C10H18N4O2S/c1-8(11)10-4-2-3-5-14(10)17(15,16)9-6-12-13-7-9/h6-8,10H,2-5,11H2,1H3,(H,12,13). The van der Waals surface area contributed by atoms with Gasteiger partial charge >= 0.3 is 0 Å². The van der Waals surface area contributed by atoms with Gasteiger partial charge in [-0.3, -0.25) is 5.10 Å². The lowest BCUT2D eigenvalue weighted by molar-refractivity contribution is 0.227. The number of hydrogen-bond acceptors (Lipinski definition) is 4. The van der Waals surface area contributed by atoms with Gasteiger partial charge < -0.3 is 5.73 Å². The Morgan fingerprint density at radius 3 is 2.94 bits per heavy atom. The molecule has 2 unspecified atom stereocenters. The number of nitrogens with one attached hydrogen (secondary N) is 1. The summed E-state index contributed by atoms with van der Waals surface area (Å²) in [6.45, 7) is 2.40. The van der Waals surface area contributed by atoms with E-state index in [1.54, 1.807) is 0 Å². The van der Waals surface area contributed by atoms with Gasteiger partial charge in [-0.15, -0.1) is 0 Å². The number of hydrogen-bond donors (Lipinski definition) is 2. The molecule has 0 saturated carbocycles. The summed E-state index contributed by atoms with van der Waals surface area (Å²) < 4.78 is 26.3. The molecule has 1 aromatic heterocycles. The van der Waals surface area contributed by atoms with Crippen molar-refractivity contribution in [1.82, 2.24) is 14.5 Å². The number of nitrogens with zero attached hydrogens (tertiary/aromatic N) is 2.